The topological polar surface area (TPSA) is 48.7 Å². The number of aromatic nitrogens is 1. The van der Waals surface area contributed by atoms with E-state index < -0.39 is 11.7 Å². The summed E-state index contributed by atoms with van der Waals surface area (Å²) in [5.74, 6) is -0.204. The van der Waals surface area contributed by atoms with Crippen molar-refractivity contribution in [3.05, 3.63) is 59.3 Å². The number of nitrogens with one attached hydrogen (secondary N) is 1. The smallest absolute Gasteiger partial charge is 0.365 e. The van der Waals surface area contributed by atoms with Crippen molar-refractivity contribution in [3.63, 3.8) is 0 Å². The van der Waals surface area contributed by atoms with Gasteiger partial charge in [0.1, 0.15) is 5.82 Å². The van der Waals surface area contributed by atoms with E-state index in [0.29, 0.717) is 5.56 Å². The van der Waals surface area contributed by atoms with Crippen LogP contribution in [-0.4, -0.2) is 4.98 Å². The van der Waals surface area contributed by atoms with Gasteiger partial charge in [0.2, 0.25) is 0 Å². The summed E-state index contributed by atoms with van der Waals surface area (Å²) < 4.78 is 38.3. The van der Waals surface area contributed by atoms with Gasteiger partial charge in [-0.1, -0.05) is 12.1 Å². The fourth-order valence-electron chi connectivity index (χ4n) is 1.66. The highest BCUT2D eigenvalue weighted by molar-refractivity contribution is 5.46. The Kier molecular flexibility index (Phi) is 3.89. The maximum Gasteiger partial charge on any atom is 0.419 e. The quantitative estimate of drug-likeness (QED) is 0.932. The van der Waals surface area contributed by atoms with Crippen LogP contribution in [-0.2, 0) is 12.7 Å². The molecule has 1 aromatic heterocycles. The van der Waals surface area contributed by atoms with E-state index in [1.807, 2.05) is 6.07 Å². The molecule has 0 aliphatic carbocycles. The van der Waals surface area contributed by atoms with Crippen LogP contribution in [0.1, 0.15) is 16.7 Å². The van der Waals surface area contributed by atoms with Crippen molar-refractivity contribution in [2.24, 2.45) is 0 Å². The fourth-order valence-corrected chi connectivity index (χ4v) is 1.66. The van der Waals surface area contributed by atoms with Crippen LogP contribution >= 0.6 is 0 Å². The number of nitriles is 1. The normalized spacial score (nSPS) is 10.9. The van der Waals surface area contributed by atoms with Crippen LogP contribution in [0.3, 0.4) is 0 Å². The summed E-state index contributed by atoms with van der Waals surface area (Å²) in [6, 6.07) is 10.8. The van der Waals surface area contributed by atoms with Gasteiger partial charge in [0.15, 0.2) is 0 Å². The average molecular weight is 277 g/mol. The minimum atomic E-state index is -4.44. The number of halogens is 3. The molecular formula is C14H10F3N3. The molecule has 0 unspecified atom stereocenters. The van der Waals surface area contributed by atoms with Gasteiger partial charge in [-0.15, -0.1) is 0 Å². The van der Waals surface area contributed by atoms with Crippen LogP contribution in [0, 0.1) is 11.3 Å². The molecule has 0 spiro atoms. The summed E-state index contributed by atoms with van der Waals surface area (Å²) in [6.07, 6.45) is -3.14. The van der Waals surface area contributed by atoms with E-state index in [1.165, 1.54) is 12.3 Å². The molecular weight excluding hydrogens is 267 g/mol. The molecule has 3 nitrogen and oxygen atoms in total. The third-order valence-electron chi connectivity index (χ3n) is 2.66. The van der Waals surface area contributed by atoms with E-state index >= 15 is 0 Å². The first kappa shape index (κ1) is 13.9. The van der Waals surface area contributed by atoms with Gasteiger partial charge in [-0.25, -0.2) is 4.98 Å². The molecule has 1 N–H and O–H groups in total. The molecule has 20 heavy (non-hydrogen) atoms. The summed E-state index contributed by atoms with van der Waals surface area (Å²) in [5, 5.41) is 11.3. The molecule has 0 bridgehead atoms. The molecule has 0 amide bonds. The van der Waals surface area contributed by atoms with Gasteiger partial charge in [0.05, 0.1) is 17.2 Å². The molecule has 0 fully saturated rings. The van der Waals surface area contributed by atoms with Gasteiger partial charge in [-0.3, -0.25) is 0 Å². The molecule has 6 heteroatoms. The average Bonchev–Trinajstić information content (AvgIpc) is 2.45. The Hall–Kier alpha value is -2.55. The Morgan fingerprint density at radius 3 is 2.45 bits per heavy atom. The first-order chi connectivity index (χ1) is 9.50. The molecule has 2 aromatic rings. The molecule has 102 valence electrons. The molecule has 0 saturated heterocycles. The summed E-state index contributed by atoms with van der Waals surface area (Å²) in [6.45, 7) is 0.200. The number of nitrogens with zero attached hydrogens (tertiary/aromatic N) is 2. The number of hydrogen-bond acceptors (Lipinski definition) is 3. The first-order valence-corrected chi connectivity index (χ1v) is 5.76. The predicted molar refractivity (Wildman–Crippen MR) is 67.7 cm³/mol. The monoisotopic (exact) mass is 277 g/mol. The summed E-state index contributed by atoms with van der Waals surface area (Å²) >= 11 is 0. The molecule has 1 heterocycles. The lowest BCUT2D eigenvalue weighted by Crippen LogP contribution is -2.12. The number of rotatable bonds is 3. The van der Waals surface area contributed by atoms with E-state index in [2.05, 4.69) is 10.3 Å². The minimum absolute atomic E-state index is 0.200. The Labute approximate surface area is 113 Å². The number of benzene rings is 1. The van der Waals surface area contributed by atoms with Crippen molar-refractivity contribution >= 4 is 5.82 Å². The van der Waals surface area contributed by atoms with Crippen molar-refractivity contribution in [2.45, 2.75) is 12.7 Å². The lowest BCUT2D eigenvalue weighted by Gasteiger charge is -2.13. The van der Waals surface area contributed by atoms with Gasteiger partial charge in [0, 0.05) is 12.7 Å². The third kappa shape index (κ3) is 3.26. The Bertz CT molecular complexity index is 627. The Morgan fingerprint density at radius 2 is 1.85 bits per heavy atom. The highest BCUT2D eigenvalue weighted by Crippen LogP contribution is 2.33. The van der Waals surface area contributed by atoms with E-state index in [9.17, 15) is 13.2 Å². The van der Waals surface area contributed by atoms with Crippen molar-refractivity contribution in [3.8, 4) is 6.07 Å². The maximum absolute atomic E-state index is 12.8. The zero-order valence-corrected chi connectivity index (χ0v) is 10.3. The van der Waals surface area contributed by atoms with Crippen LogP contribution in [0.25, 0.3) is 0 Å². The second-order valence-electron chi connectivity index (χ2n) is 4.06. The molecule has 1 aromatic carbocycles. The molecule has 0 radical (unpaired) electrons. The lowest BCUT2D eigenvalue weighted by molar-refractivity contribution is -0.137. The maximum atomic E-state index is 12.8. The van der Waals surface area contributed by atoms with E-state index in [-0.39, 0.29) is 12.4 Å². The summed E-state index contributed by atoms with van der Waals surface area (Å²) in [5.41, 5.74) is 0.471. The molecule has 0 aliphatic heterocycles. The minimum Gasteiger partial charge on any atom is -0.365 e. The van der Waals surface area contributed by atoms with Gasteiger partial charge in [-0.2, -0.15) is 18.4 Å². The van der Waals surface area contributed by atoms with Crippen LogP contribution in [0.15, 0.2) is 42.6 Å². The highest BCUT2D eigenvalue weighted by Gasteiger charge is 2.33. The van der Waals surface area contributed by atoms with Crippen molar-refractivity contribution in [1.29, 1.82) is 5.26 Å². The van der Waals surface area contributed by atoms with Crippen molar-refractivity contribution in [1.82, 2.24) is 4.98 Å². The van der Waals surface area contributed by atoms with E-state index in [1.54, 1.807) is 24.3 Å². The van der Waals surface area contributed by atoms with E-state index in [0.717, 1.165) is 11.6 Å². The van der Waals surface area contributed by atoms with Gasteiger partial charge >= 0.3 is 6.18 Å². The van der Waals surface area contributed by atoms with Crippen molar-refractivity contribution < 1.29 is 13.2 Å². The fraction of sp³-hybridized carbons (Fsp3) is 0.143. The van der Waals surface area contributed by atoms with Gasteiger partial charge in [0.25, 0.3) is 0 Å². The van der Waals surface area contributed by atoms with Gasteiger partial charge < -0.3 is 5.32 Å². The number of pyridine rings is 1. The number of alkyl halides is 3. The molecule has 0 atom stereocenters. The highest BCUT2D eigenvalue weighted by atomic mass is 19.4. The zero-order valence-electron chi connectivity index (χ0n) is 10.3. The van der Waals surface area contributed by atoms with Crippen LogP contribution in [0.5, 0.6) is 0 Å². The second-order valence-corrected chi connectivity index (χ2v) is 4.06. The number of anilines is 1. The zero-order chi connectivity index (χ0) is 14.6. The summed E-state index contributed by atoms with van der Waals surface area (Å²) in [4.78, 5) is 3.71. The van der Waals surface area contributed by atoms with Crippen LogP contribution < -0.4 is 5.32 Å². The molecule has 0 saturated carbocycles. The summed E-state index contributed by atoms with van der Waals surface area (Å²) in [7, 11) is 0. The Morgan fingerprint density at radius 1 is 1.15 bits per heavy atom. The van der Waals surface area contributed by atoms with Crippen molar-refractivity contribution in [2.75, 3.05) is 5.32 Å². The third-order valence-corrected chi connectivity index (χ3v) is 2.66. The first-order valence-electron chi connectivity index (χ1n) is 5.76. The van der Waals surface area contributed by atoms with Crippen LogP contribution in [0.4, 0.5) is 19.0 Å². The van der Waals surface area contributed by atoms with Crippen LogP contribution in [0.2, 0.25) is 0 Å². The largest absolute Gasteiger partial charge is 0.419 e. The lowest BCUT2D eigenvalue weighted by atomic mass is 10.1. The Balaban J connectivity index is 2.13. The SMILES string of the molecule is N#Cc1ccc(CNc2ncccc2C(F)(F)F)cc1. The van der Waals surface area contributed by atoms with E-state index in [4.69, 9.17) is 5.26 Å². The predicted octanol–water partition coefficient (Wildman–Crippen LogP) is 3.58. The second kappa shape index (κ2) is 5.61. The number of hydrogen-bond donors (Lipinski definition) is 1. The standard InChI is InChI=1S/C14H10F3N3/c15-14(16,17)12-2-1-7-19-13(12)20-9-11-5-3-10(8-18)4-6-11/h1-7H,9H2,(H,19,20). The molecule has 2 rings (SSSR count). The molecule has 0 aliphatic rings. The van der Waals surface area contributed by atoms with Gasteiger partial charge in [-0.05, 0) is 29.8 Å².